The summed E-state index contributed by atoms with van der Waals surface area (Å²) in [5, 5.41) is 0.548. The third-order valence-corrected chi connectivity index (χ3v) is 5.34. The van der Waals surface area contributed by atoms with Crippen molar-refractivity contribution in [1.29, 1.82) is 0 Å². The van der Waals surface area contributed by atoms with Gasteiger partial charge in [0.15, 0.2) is 0 Å². The van der Waals surface area contributed by atoms with Crippen LogP contribution in [0, 0.1) is 12.3 Å². The first-order valence-electron chi connectivity index (χ1n) is 6.61. The van der Waals surface area contributed by atoms with E-state index in [2.05, 4.69) is 0 Å². The third kappa shape index (κ3) is 4.27. The maximum Gasteiger partial charge on any atom is 0.233 e. The Bertz CT molecular complexity index is 578. The van der Waals surface area contributed by atoms with Gasteiger partial charge in [-0.25, -0.2) is 8.42 Å². The molecule has 0 radical (unpaired) electrons. The van der Waals surface area contributed by atoms with Gasteiger partial charge >= 0.3 is 0 Å². The van der Waals surface area contributed by atoms with E-state index in [1.807, 2.05) is 25.1 Å². The largest absolute Gasteiger partial charge is 0.491 e. The molecule has 1 aliphatic rings. The molecule has 1 aliphatic carbocycles. The van der Waals surface area contributed by atoms with Crippen LogP contribution >= 0.6 is 22.3 Å². The fraction of sp³-hybridized carbons (Fsp3) is 0.571. The molecule has 6 heteroatoms. The Morgan fingerprint density at radius 3 is 2.50 bits per heavy atom. The van der Waals surface area contributed by atoms with Crippen molar-refractivity contribution in [2.24, 2.45) is 5.41 Å². The zero-order chi connectivity index (χ0) is 14.8. The maximum absolute atomic E-state index is 11.4. The summed E-state index contributed by atoms with van der Waals surface area (Å²) in [5.74, 6) is 0.556. The first-order chi connectivity index (χ1) is 9.30. The fourth-order valence-corrected chi connectivity index (χ4v) is 4.86. The van der Waals surface area contributed by atoms with E-state index < -0.39 is 9.05 Å². The van der Waals surface area contributed by atoms with E-state index in [-0.39, 0.29) is 11.2 Å². The fourth-order valence-electron chi connectivity index (χ4n) is 2.77. The Morgan fingerprint density at radius 2 is 1.95 bits per heavy atom. The Labute approximate surface area is 129 Å². The molecule has 0 atom stereocenters. The SMILES string of the molecule is Cc1ccc(OCC2(CS(=O)(=O)Cl)CCCC2)c(Cl)c1. The van der Waals surface area contributed by atoms with Gasteiger partial charge in [-0.1, -0.05) is 30.5 Å². The Hall–Kier alpha value is -0.450. The van der Waals surface area contributed by atoms with Gasteiger partial charge in [0.05, 0.1) is 17.4 Å². The lowest BCUT2D eigenvalue weighted by molar-refractivity contribution is 0.171. The van der Waals surface area contributed by atoms with Gasteiger partial charge in [0, 0.05) is 16.1 Å². The van der Waals surface area contributed by atoms with Crippen LogP contribution in [0.15, 0.2) is 18.2 Å². The molecule has 0 unspecified atom stereocenters. The molecule has 20 heavy (non-hydrogen) atoms. The van der Waals surface area contributed by atoms with Gasteiger partial charge in [0.25, 0.3) is 0 Å². The predicted octanol–water partition coefficient (Wildman–Crippen LogP) is 4.16. The summed E-state index contributed by atoms with van der Waals surface area (Å²) in [6.45, 7) is 2.29. The highest BCUT2D eigenvalue weighted by Crippen LogP contribution is 2.41. The van der Waals surface area contributed by atoms with E-state index in [1.54, 1.807) is 0 Å². The maximum atomic E-state index is 11.4. The molecule has 0 bridgehead atoms. The molecule has 2 rings (SSSR count). The van der Waals surface area contributed by atoms with E-state index in [0.717, 1.165) is 31.2 Å². The first-order valence-corrected chi connectivity index (χ1v) is 9.47. The van der Waals surface area contributed by atoms with Crippen LogP contribution < -0.4 is 4.74 Å². The van der Waals surface area contributed by atoms with Crippen LogP contribution in [-0.2, 0) is 9.05 Å². The predicted molar refractivity (Wildman–Crippen MR) is 82.2 cm³/mol. The van der Waals surface area contributed by atoms with Crippen molar-refractivity contribution in [3.05, 3.63) is 28.8 Å². The van der Waals surface area contributed by atoms with Gasteiger partial charge in [-0.2, -0.15) is 0 Å². The second-order valence-electron chi connectivity index (χ2n) is 5.61. The average Bonchev–Trinajstić information content (AvgIpc) is 2.74. The van der Waals surface area contributed by atoms with E-state index in [0.29, 0.717) is 17.4 Å². The molecule has 112 valence electrons. The number of hydrogen-bond acceptors (Lipinski definition) is 3. The summed E-state index contributed by atoms with van der Waals surface area (Å²) in [5.41, 5.74) is 0.677. The Kier molecular flexibility index (Phi) is 4.88. The molecule has 0 N–H and O–H groups in total. The van der Waals surface area contributed by atoms with E-state index in [1.165, 1.54) is 0 Å². The van der Waals surface area contributed by atoms with Gasteiger partial charge < -0.3 is 4.74 Å². The molecule has 0 saturated heterocycles. The number of halogens is 2. The number of hydrogen-bond donors (Lipinski definition) is 0. The number of rotatable bonds is 5. The van der Waals surface area contributed by atoms with Crippen molar-refractivity contribution >= 4 is 31.3 Å². The van der Waals surface area contributed by atoms with Crippen molar-refractivity contribution in [3.8, 4) is 5.75 Å². The molecule has 1 saturated carbocycles. The van der Waals surface area contributed by atoms with Crippen molar-refractivity contribution in [1.82, 2.24) is 0 Å². The lowest BCUT2D eigenvalue weighted by Crippen LogP contribution is -2.32. The minimum absolute atomic E-state index is 0.0367. The minimum Gasteiger partial charge on any atom is -0.491 e. The second-order valence-corrected chi connectivity index (χ2v) is 8.80. The number of benzene rings is 1. The van der Waals surface area contributed by atoms with E-state index in [4.69, 9.17) is 27.0 Å². The van der Waals surface area contributed by atoms with Crippen LogP contribution in [0.25, 0.3) is 0 Å². The topological polar surface area (TPSA) is 43.4 Å². The summed E-state index contributed by atoms with van der Waals surface area (Å²) < 4.78 is 28.6. The molecule has 0 amide bonds. The molecule has 0 spiro atoms. The van der Waals surface area contributed by atoms with Gasteiger partial charge in [0.1, 0.15) is 5.75 Å². The monoisotopic (exact) mass is 336 g/mol. The lowest BCUT2D eigenvalue weighted by atomic mass is 9.90. The number of ether oxygens (including phenoxy) is 1. The average molecular weight is 337 g/mol. The van der Waals surface area contributed by atoms with Crippen LogP contribution in [0.5, 0.6) is 5.75 Å². The smallest absolute Gasteiger partial charge is 0.233 e. The van der Waals surface area contributed by atoms with Crippen molar-refractivity contribution in [2.75, 3.05) is 12.4 Å². The lowest BCUT2D eigenvalue weighted by Gasteiger charge is -2.27. The molecule has 0 heterocycles. The molecule has 0 aromatic heterocycles. The van der Waals surface area contributed by atoms with Gasteiger partial charge in [0.2, 0.25) is 9.05 Å². The Balaban J connectivity index is 2.09. The zero-order valence-corrected chi connectivity index (χ0v) is 13.7. The highest BCUT2D eigenvalue weighted by molar-refractivity contribution is 8.13. The van der Waals surface area contributed by atoms with Gasteiger partial charge in [-0.3, -0.25) is 0 Å². The molecule has 3 nitrogen and oxygen atoms in total. The molecule has 0 aliphatic heterocycles. The second kappa shape index (κ2) is 6.12. The van der Waals surface area contributed by atoms with Crippen LogP contribution in [-0.4, -0.2) is 20.8 Å². The van der Waals surface area contributed by atoms with Gasteiger partial charge in [-0.15, -0.1) is 0 Å². The molecular formula is C14H18Cl2O3S. The number of aryl methyl sites for hydroxylation is 1. The van der Waals surface area contributed by atoms with Crippen molar-refractivity contribution in [3.63, 3.8) is 0 Å². The summed E-state index contributed by atoms with van der Waals surface area (Å²) in [7, 11) is 1.90. The van der Waals surface area contributed by atoms with Crippen molar-refractivity contribution in [2.45, 2.75) is 32.6 Å². The summed E-state index contributed by atoms with van der Waals surface area (Å²) >= 11 is 6.12. The molecule has 1 aromatic carbocycles. The summed E-state index contributed by atoms with van der Waals surface area (Å²) in [4.78, 5) is 0. The normalized spacial score (nSPS) is 18.1. The summed E-state index contributed by atoms with van der Waals surface area (Å²) in [6, 6.07) is 5.56. The van der Waals surface area contributed by atoms with E-state index >= 15 is 0 Å². The standard InChI is InChI=1S/C14H18Cl2O3S/c1-11-4-5-13(12(15)8-11)19-9-14(6-2-3-7-14)10-20(16,17)18/h4-5,8H,2-3,6-7,9-10H2,1H3. The van der Waals surface area contributed by atoms with Crippen molar-refractivity contribution < 1.29 is 13.2 Å². The van der Waals surface area contributed by atoms with Crippen LogP contribution in [0.3, 0.4) is 0 Å². The highest BCUT2D eigenvalue weighted by atomic mass is 35.7. The Morgan fingerprint density at radius 1 is 1.30 bits per heavy atom. The molecular weight excluding hydrogens is 319 g/mol. The molecule has 1 fully saturated rings. The van der Waals surface area contributed by atoms with E-state index in [9.17, 15) is 8.42 Å². The highest BCUT2D eigenvalue weighted by Gasteiger charge is 2.38. The van der Waals surface area contributed by atoms with Gasteiger partial charge in [-0.05, 0) is 37.5 Å². The van der Waals surface area contributed by atoms with Crippen LogP contribution in [0.1, 0.15) is 31.2 Å². The quantitative estimate of drug-likeness (QED) is 0.758. The third-order valence-electron chi connectivity index (χ3n) is 3.76. The first kappa shape index (κ1) is 15.9. The summed E-state index contributed by atoms with van der Waals surface area (Å²) in [6.07, 6.45) is 3.67. The minimum atomic E-state index is -3.53. The van der Waals surface area contributed by atoms with Crippen LogP contribution in [0.2, 0.25) is 5.02 Å². The zero-order valence-electron chi connectivity index (χ0n) is 11.4. The van der Waals surface area contributed by atoms with Crippen LogP contribution in [0.4, 0.5) is 0 Å². The molecule has 1 aromatic rings.